The summed E-state index contributed by atoms with van der Waals surface area (Å²) in [6.45, 7) is 11.1. The standard InChI is InChI=1S/C18H32N2S/c1-14(2)12-19-13-17-7-8-18(15(3)11-17)20(5)16(4)9-10-21-6/h7-8,11,14,16,19H,9-10,12-13H2,1-6H3. The highest BCUT2D eigenvalue weighted by atomic mass is 32.2. The van der Waals surface area contributed by atoms with Crippen LogP contribution < -0.4 is 10.2 Å². The minimum absolute atomic E-state index is 0.584. The monoisotopic (exact) mass is 308 g/mol. The van der Waals surface area contributed by atoms with Gasteiger partial charge in [0.2, 0.25) is 0 Å². The summed E-state index contributed by atoms with van der Waals surface area (Å²) in [5.41, 5.74) is 4.11. The average molecular weight is 309 g/mol. The molecule has 1 N–H and O–H groups in total. The van der Waals surface area contributed by atoms with Crippen LogP contribution in [0.2, 0.25) is 0 Å². The van der Waals surface area contributed by atoms with Gasteiger partial charge in [-0.3, -0.25) is 0 Å². The van der Waals surface area contributed by atoms with E-state index in [1.807, 2.05) is 11.8 Å². The van der Waals surface area contributed by atoms with E-state index in [0.717, 1.165) is 13.1 Å². The molecule has 0 saturated heterocycles. The molecule has 1 aromatic rings. The van der Waals surface area contributed by atoms with Crippen LogP contribution in [0.25, 0.3) is 0 Å². The van der Waals surface area contributed by atoms with Gasteiger partial charge in [0.05, 0.1) is 0 Å². The lowest BCUT2D eigenvalue weighted by Gasteiger charge is -2.28. The van der Waals surface area contributed by atoms with E-state index in [0.29, 0.717) is 12.0 Å². The van der Waals surface area contributed by atoms with Gasteiger partial charge in [-0.1, -0.05) is 26.0 Å². The molecular weight excluding hydrogens is 276 g/mol. The van der Waals surface area contributed by atoms with Crippen molar-refractivity contribution in [2.24, 2.45) is 5.92 Å². The van der Waals surface area contributed by atoms with Crippen molar-refractivity contribution in [3.8, 4) is 0 Å². The second-order valence-corrected chi connectivity index (χ2v) is 7.37. The lowest BCUT2D eigenvalue weighted by atomic mass is 10.1. The highest BCUT2D eigenvalue weighted by molar-refractivity contribution is 7.98. The number of nitrogens with one attached hydrogen (secondary N) is 1. The van der Waals surface area contributed by atoms with E-state index in [-0.39, 0.29) is 0 Å². The van der Waals surface area contributed by atoms with Gasteiger partial charge in [0.15, 0.2) is 0 Å². The molecule has 1 atom stereocenters. The number of hydrogen-bond acceptors (Lipinski definition) is 3. The van der Waals surface area contributed by atoms with E-state index >= 15 is 0 Å². The fraction of sp³-hybridized carbons (Fsp3) is 0.667. The second kappa shape index (κ2) is 9.37. The van der Waals surface area contributed by atoms with Crippen LogP contribution in [0.3, 0.4) is 0 Å². The fourth-order valence-corrected chi connectivity index (χ4v) is 3.02. The Morgan fingerprint density at radius 2 is 1.95 bits per heavy atom. The molecule has 0 aliphatic heterocycles. The van der Waals surface area contributed by atoms with E-state index in [2.05, 4.69) is 69.4 Å². The van der Waals surface area contributed by atoms with Gasteiger partial charge in [-0.25, -0.2) is 0 Å². The first-order valence-electron chi connectivity index (χ1n) is 7.97. The maximum Gasteiger partial charge on any atom is 0.0395 e. The van der Waals surface area contributed by atoms with Crippen molar-refractivity contribution in [2.45, 2.75) is 46.7 Å². The minimum Gasteiger partial charge on any atom is -0.372 e. The van der Waals surface area contributed by atoms with Gasteiger partial charge in [0, 0.05) is 25.3 Å². The van der Waals surface area contributed by atoms with Crippen LogP contribution in [0, 0.1) is 12.8 Å². The minimum atomic E-state index is 0.584. The zero-order valence-corrected chi connectivity index (χ0v) is 15.4. The van der Waals surface area contributed by atoms with Crippen LogP contribution in [-0.2, 0) is 6.54 Å². The first-order chi connectivity index (χ1) is 9.95. The zero-order valence-electron chi connectivity index (χ0n) is 14.6. The summed E-state index contributed by atoms with van der Waals surface area (Å²) in [4.78, 5) is 2.41. The molecule has 3 heteroatoms. The van der Waals surface area contributed by atoms with E-state index in [1.165, 1.54) is 29.0 Å². The molecule has 0 amide bonds. The molecule has 120 valence electrons. The third kappa shape index (κ3) is 6.31. The van der Waals surface area contributed by atoms with Gasteiger partial charge in [-0.15, -0.1) is 0 Å². The molecule has 1 unspecified atom stereocenters. The van der Waals surface area contributed by atoms with Crippen LogP contribution in [0.1, 0.15) is 38.3 Å². The Morgan fingerprint density at radius 3 is 2.52 bits per heavy atom. The van der Waals surface area contributed by atoms with E-state index in [1.54, 1.807) is 0 Å². The molecule has 0 aliphatic rings. The molecule has 2 nitrogen and oxygen atoms in total. The number of benzene rings is 1. The summed E-state index contributed by atoms with van der Waals surface area (Å²) in [6.07, 6.45) is 3.41. The van der Waals surface area contributed by atoms with Crippen molar-refractivity contribution in [3.05, 3.63) is 29.3 Å². The number of hydrogen-bond donors (Lipinski definition) is 1. The summed E-state index contributed by atoms with van der Waals surface area (Å²) >= 11 is 1.93. The highest BCUT2D eigenvalue weighted by Crippen LogP contribution is 2.23. The Hall–Kier alpha value is -0.670. The zero-order chi connectivity index (χ0) is 15.8. The molecule has 0 radical (unpaired) electrons. The van der Waals surface area contributed by atoms with Gasteiger partial charge in [-0.05, 0) is 61.9 Å². The average Bonchev–Trinajstić information content (AvgIpc) is 2.43. The second-order valence-electron chi connectivity index (χ2n) is 6.39. The number of rotatable bonds is 9. The van der Waals surface area contributed by atoms with Gasteiger partial charge in [0.25, 0.3) is 0 Å². The molecule has 0 heterocycles. The van der Waals surface area contributed by atoms with Crippen molar-refractivity contribution in [2.75, 3.05) is 30.5 Å². The largest absolute Gasteiger partial charge is 0.372 e. The molecule has 1 rings (SSSR count). The lowest BCUT2D eigenvalue weighted by Crippen LogP contribution is -2.30. The van der Waals surface area contributed by atoms with Gasteiger partial charge < -0.3 is 10.2 Å². The van der Waals surface area contributed by atoms with Crippen molar-refractivity contribution < 1.29 is 0 Å². The van der Waals surface area contributed by atoms with Gasteiger partial charge >= 0.3 is 0 Å². The summed E-state index contributed by atoms with van der Waals surface area (Å²) in [5.74, 6) is 1.93. The molecule has 1 aromatic carbocycles. The van der Waals surface area contributed by atoms with Crippen molar-refractivity contribution in [1.29, 1.82) is 0 Å². The Morgan fingerprint density at radius 1 is 1.24 bits per heavy atom. The fourth-order valence-electron chi connectivity index (χ4n) is 2.45. The predicted octanol–water partition coefficient (Wildman–Crippen LogP) is 4.32. The van der Waals surface area contributed by atoms with Crippen LogP contribution in [-0.4, -0.2) is 31.6 Å². The van der Waals surface area contributed by atoms with Crippen molar-refractivity contribution >= 4 is 17.4 Å². The maximum atomic E-state index is 3.51. The molecule has 0 saturated carbocycles. The SMILES string of the molecule is CSCCC(C)N(C)c1ccc(CNCC(C)C)cc1C. The number of aryl methyl sites for hydroxylation is 1. The quantitative estimate of drug-likeness (QED) is 0.731. The summed E-state index contributed by atoms with van der Waals surface area (Å²) < 4.78 is 0. The Kier molecular flexibility index (Phi) is 8.20. The number of anilines is 1. The van der Waals surface area contributed by atoms with Crippen LogP contribution in [0.15, 0.2) is 18.2 Å². The van der Waals surface area contributed by atoms with Crippen molar-refractivity contribution in [3.63, 3.8) is 0 Å². The Bertz CT molecular complexity index is 418. The van der Waals surface area contributed by atoms with Crippen molar-refractivity contribution in [1.82, 2.24) is 5.32 Å². The van der Waals surface area contributed by atoms with E-state index in [9.17, 15) is 0 Å². The molecule has 21 heavy (non-hydrogen) atoms. The smallest absolute Gasteiger partial charge is 0.0395 e. The topological polar surface area (TPSA) is 15.3 Å². The molecular formula is C18H32N2S. The maximum absolute atomic E-state index is 3.51. The first-order valence-corrected chi connectivity index (χ1v) is 9.37. The number of nitrogens with zero attached hydrogens (tertiary/aromatic N) is 1. The summed E-state index contributed by atoms with van der Waals surface area (Å²) in [6, 6.07) is 7.44. The predicted molar refractivity (Wildman–Crippen MR) is 98.6 cm³/mol. The first kappa shape index (κ1) is 18.4. The van der Waals surface area contributed by atoms with Crippen LogP contribution in [0.5, 0.6) is 0 Å². The van der Waals surface area contributed by atoms with Gasteiger partial charge in [0.1, 0.15) is 0 Å². The number of thioether (sulfide) groups is 1. The third-order valence-electron chi connectivity index (χ3n) is 3.92. The highest BCUT2D eigenvalue weighted by Gasteiger charge is 2.12. The lowest BCUT2D eigenvalue weighted by molar-refractivity contribution is 0.552. The summed E-state index contributed by atoms with van der Waals surface area (Å²) in [7, 11) is 2.21. The summed E-state index contributed by atoms with van der Waals surface area (Å²) in [5, 5.41) is 3.51. The Balaban J connectivity index is 2.64. The molecule has 0 bridgehead atoms. The molecule has 0 aromatic heterocycles. The Labute approximate surface area is 135 Å². The van der Waals surface area contributed by atoms with Crippen LogP contribution in [0.4, 0.5) is 5.69 Å². The van der Waals surface area contributed by atoms with Gasteiger partial charge in [-0.2, -0.15) is 11.8 Å². The van der Waals surface area contributed by atoms with E-state index < -0.39 is 0 Å². The third-order valence-corrected chi connectivity index (χ3v) is 4.57. The normalized spacial score (nSPS) is 12.7. The molecule has 0 spiro atoms. The molecule has 0 fully saturated rings. The molecule has 0 aliphatic carbocycles. The van der Waals surface area contributed by atoms with E-state index in [4.69, 9.17) is 0 Å². The van der Waals surface area contributed by atoms with Crippen LogP contribution >= 0.6 is 11.8 Å².